The smallest absolute Gasteiger partial charge is 0.475 e. The minimum absolute atomic E-state index is 1.21. The number of alkyl halides is 3. The van der Waals surface area contributed by atoms with Crippen molar-refractivity contribution >= 4 is 16.9 Å². The number of rotatable bonds is 0. The van der Waals surface area contributed by atoms with Crippen LogP contribution in [0.25, 0.3) is 10.9 Å². The SMILES string of the molecule is O=C(O)C(F)(F)F.c1ccc2[nH]ccc2c1. The molecular formula is C10H8F3NO2. The molecule has 0 atom stereocenters. The third-order valence-corrected chi connectivity index (χ3v) is 1.71. The van der Waals surface area contributed by atoms with E-state index in [1.54, 1.807) is 0 Å². The number of benzene rings is 1. The highest BCUT2D eigenvalue weighted by molar-refractivity contribution is 5.78. The molecule has 0 aliphatic carbocycles. The number of carboxylic acid groups (broad SMARTS) is 1. The molecular weight excluding hydrogens is 223 g/mol. The lowest BCUT2D eigenvalue weighted by Gasteiger charge is -1.93. The van der Waals surface area contributed by atoms with Crippen molar-refractivity contribution in [1.82, 2.24) is 4.98 Å². The first-order valence-electron chi connectivity index (χ1n) is 4.23. The molecule has 3 nitrogen and oxygen atoms in total. The Labute approximate surface area is 88.5 Å². The molecule has 0 aliphatic rings. The van der Waals surface area contributed by atoms with Crippen molar-refractivity contribution in [3.05, 3.63) is 36.5 Å². The Morgan fingerprint density at radius 3 is 2.25 bits per heavy atom. The number of H-pyrrole nitrogens is 1. The summed E-state index contributed by atoms with van der Waals surface area (Å²) in [4.78, 5) is 12.0. The second kappa shape index (κ2) is 4.69. The number of halogens is 3. The zero-order valence-electron chi connectivity index (χ0n) is 7.95. The highest BCUT2D eigenvalue weighted by Crippen LogP contribution is 2.13. The van der Waals surface area contributed by atoms with Crippen molar-refractivity contribution in [2.45, 2.75) is 6.18 Å². The van der Waals surface area contributed by atoms with Gasteiger partial charge in [-0.15, -0.1) is 0 Å². The molecule has 6 heteroatoms. The molecule has 2 N–H and O–H groups in total. The van der Waals surface area contributed by atoms with Gasteiger partial charge >= 0.3 is 12.1 Å². The summed E-state index contributed by atoms with van der Waals surface area (Å²) in [5.74, 6) is -2.76. The van der Waals surface area contributed by atoms with Crippen LogP contribution in [0, 0.1) is 0 Å². The van der Waals surface area contributed by atoms with Crippen molar-refractivity contribution < 1.29 is 23.1 Å². The summed E-state index contributed by atoms with van der Waals surface area (Å²) >= 11 is 0. The lowest BCUT2D eigenvalue weighted by Crippen LogP contribution is -2.21. The second-order valence-electron chi connectivity index (χ2n) is 2.87. The number of aromatic nitrogens is 1. The zero-order chi connectivity index (χ0) is 12.2. The summed E-state index contributed by atoms with van der Waals surface area (Å²) in [5.41, 5.74) is 1.21. The number of aromatic amines is 1. The summed E-state index contributed by atoms with van der Waals surface area (Å²) in [5, 5.41) is 8.40. The molecule has 0 fully saturated rings. The first kappa shape index (κ1) is 12.1. The van der Waals surface area contributed by atoms with Crippen LogP contribution in [0.5, 0.6) is 0 Å². The Kier molecular flexibility index (Phi) is 3.55. The number of hydrogen-bond donors (Lipinski definition) is 2. The molecule has 0 amide bonds. The molecule has 16 heavy (non-hydrogen) atoms. The van der Waals surface area contributed by atoms with E-state index in [9.17, 15) is 13.2 Å². The van der Waals surface area contributed by atoms with Gasteiger partial charge in [-0.25, -0.2) is 4.79 Å². The number of carboxylic acids is 1. The van der Waals surface area contributed by atoms with Crippen LogP contribution in [0.4, 0.5) is 13.2 Å². The van der Waals surface area contributed by atoms with Gasteiger partial charge in [-0.3, -0.25) is 0 Å². The average molecular weight is 231 g/mol. The Balaban J connectivity index is 0.000000168. The number of nitrogens with one attached hydrogen (secondary N) is 1. The quantitative estimate of drug-likeness (QED) is 0.732. The minimum Gasteiger partial charge on any atom is -0.475 e. The normalized spacial score (nSPS) is 10.7. The Bertz CT molecular complexity index is 446. The molecule has 0 radical (unpaired) electrons. The highest BCUT2D eigenvalue weighted by atomic mass is 19.4. The predicted molar refractivity (Wildman–Crippen MR) is 52.0 cm³/mol. The average Bonchev–Trinajstić information content (AvgIpc) is 2.64. The molecule has 0 saturated carbocycles. The van der Waals surface area contributed by atoms with Gasteiger partial charge in [0, 0.05) is 11.7 Å². The van der Waals surface area contributed by atoms with E-state index < -0.39 is 12.1 Å². The molecule has 2 rings (SSSR count). The molecule has 0 unspecified atom stereocenters. The first-order valence-corrected chi connectivity index (χ1v) is 4.23. The molecule has 0 spiro atoms. The highest BCUT2D eigenvalue weighted by Gasteiger charge is 2.38. The molecule has 1 heterocycles. The summed E-state index contributed by atoms with van der Waals surface area (Å²) < 4.78 is 31.7. The lowest BCUT2D eigenvalue weighted by atomic mass is 10.3. The van der Waals surface area contributed by atoms with E-state index in [2.05, 4.69) is 23.2 Å². The van der Waals surface area contributed by atoms with E-state index in [0.717, 1.165) is 0 Å². The summed E-state index contributed by atoms with van der Waals surface area (Å²) in [6.07, 6.45) is -3.13. The van der Waals surface area contributed by atoms with Gasteiger partial charge in [0.25, 0.3) is 0 Å². The summed E-state index contributed by atoms with van der Waals surface area (Å²) in [7, 11) is 0. The number of aliphatic carboxylic acids is 1. The monoisotopic (exact) mass is 231 g/mol. The third kappa shape index (κ3) is 3.30. The van der Waals surface area contributed by atoms with E-state index >= 15 is 0 Å². The lowest BCUT2D eigenvalue weighted by molar-refractivity contribution is -0.192. The fourth-order valence-corrected chi connectivity index (χ4v) is 0.995. The Hall–Kier alpha value is -1.98. The first-order chi connectivity index (χ1) is 7.41. The maximum absolute atomic E-state index is 10.6. The van der Waals surface area contributed by atoms with Gasteiger partial charge in [-0.2, -0.15) is 13.2 Å². The van der Waals surface area contributed by atoms with Crippen molar-refractivity contribution in [1.29, 1.82) is 0 Å². The second-order valence-corrected chi connectivity index (χ2v) is 2.87. The van der Waals surface area contributed by atoms with E-state index in [1.807, 2.05) is 18.3 Å². The number of fused-ring (bicyclic) bond motifs is 1. The van der Waals surface area contributed by atoms with E-state index in [0.29, 0.717) is 0 Å². The molecule has 0 aliphatic heterocycles. The van der Waals surface area contributed by atoms with Crippen LogP contribution in [-0.2, 0) is 4.79 Å². The Morgan fingerprint density at radius 1 is 1.19 bits per heavy atom. The number of para-hydroxylation sites is 1. The molecule has 0 bridgehead atoms. The van der Waals surface area contributed by atoms with Gasteiger partial charge in [0.2, 0.25) is 0 Å². The fraction of sp³-hybridized carbons (Fsp3) is 0.100. The van der Waals surface area contributed by atoms with Crippen molar-refractivity contribution in [3.8, 4) is 0 Å². The van der Waals surface area contributed by atoms with Gasteiger partial charge in [0.15, 0.2) is 0 Å². The van der Waals surface area contributed by atoms with E-state index in [1.165, 1.54) is 10.9 Å². The zero-order valence-corrected chi connectivity index (χ0v) is 7.95. The summed E-state index contributed by atoms with van der Waals surface area (Å²) in [6.45, 7) is 0. The predicted octanol–water partition coefficient (Wildman–Crippen LogP) is 2.80. The van der Waals surface area contributed by atoms with Gasteiger partial charge in [-0.1, -0.05) is 18.2 Å². The Morgan fingerprint density at radius 2 is 1.75 bits per heavy atom. The van der Waals surface area contributed by atoms with Crippen molar-refractivity contribution in [3.63, 3.8) is 0 Å². The van der Waals surface area contributed by atoms with Crippen LogP contribution >= 0.6 is 0 Å². The van der Waals surface area contributed by atoms with Crippen LogP contribution in [-0.4, -0.2) is 22.2 Å². The maximum Gasteiger partial charge on any atom is 0.490 e. The van der Waals surface area contributed by atoms with E-state index in [4.69, 9.17) is 9.90 Å². The fourth-order valence-electron chi connectivity index (χ4n) is 0.995. The van der Waals surface area contributed by atoms with Gasteiger partial charge < -0.3 is 10.1 Å². The van der Waals surface area contributed by atoms with Gasteiger partial charge in [-0.05, 0) is 17.5 Å². The van der Waals surface area contributed by atoms with Crippen LogP contribution in [0.2, 0.25) is 0 Å². The number of carbonyl (C=O) groups is 1. The van der Waals surface area contributed by atoms with Crippen LogP contribution in [0.15, 0.2) is 36.5 Å². The van der Waals surface area contributed by atoms with Gasteiger partial charge in [0.05, 0.1) is 0 Å². The third-order valence-electron chi connectivity index (χ3n) is 1.71. The molecule has 0 saturated heterocycles. The molecule has 86 valence electrons. The molecule has 1 aromatic heterocycles. The van der Waals surface area contributed by atoms with Crippen molar-refractivity contribution in [2.24, 2.45) is 0 Å². The van der Waals surface area contributed by atoms with Crippen LogP contribution in [0.3, 0.4) is 0 Å². The summed E-state index contributed by atoms with van der Waals surface area (Å²) in [6, 6.07) is 10.3. The van der Waals surface area contributed by atoms with Crippen LogP contribution in [0.1, 0.15) is 0 Å². The van der Waals surface area contributed by atoms with Crippen molar-refractivity contribution in [2.75, 3.05) is 0 Å². The largest absolute Gasteiger partial charge is 0.490 e. The number of hydrogen-bond acceptors (Lipinski definition) is 1. The maximum atomic E-state index is 10.6. The topological polar surface area (TPSA) is 53.1 Å². The standard InChI is InChI=1S/C8H7N.C2HF3O2/c1-2-4-8-7(3-1)5-6-9-8;3-2(4,5)1(6)7/h1-6,9H;(H,6,7). The molecule has 2 aromatic rings. The molecule has 1 aromatic carbocycles. The van der Waals surface area contributed by atoms with E-state index in [-0.39, 0.29) is 0 Å². The van der Waals surface area contributed by atoms with Crippen LogP contribution < -0.4 is 0 Å². The van der Waals surface area contributed by atoms with Gasteiger partial charge in [0.1, 0.15) is 0 Å². The minimum atomic E-state index is -5.08.